The molecule has 0 saturated heterocycles. The molecule has 0 aliphatic rings. The Balaban J connectivity index is 1.63. The van der Waals surface area contributed by atoms with E-state index >= 15 is 0 Å². The van der Waals surface area contributed by atoms with Crippen molar-refractivity contribution in [1.29, 1.82) is 0 Å². The van der Waals surface area contributed by atoms with Gasteiger partial charge >= 0.3 is 24.5 Å². The molecule has 0 fully saturated rings. The van der Waals surface area contributed by atoms with E-state index in [1.165, 1.54) is 48.5 Å². The molecule has 2 heterocycles. The fourth-order valence-corrected chi connectivity index (χ4v) is 7.46. The van der Waals surface area contributed by atoms with Crippen molar-refractivity contribution < 1.29 is 58.2 Å². The molecule has 0 amide bonds. The Hall–Kier alpha value is -6.71. The number of para-hydroxylation sites is 1. The Morgan fingerprint density at radius 3 is 1.71 bits per heavy atom. The monoisotopic (exact) mass is 823 g/mol. The average molecular weight is 824 g/mol. The van der Waals surface area contributed by atoms with Crippen molar-refractivity contribution in [3.8, 4) is 27.9 Å². The lowest BCUT2D eigenvalue weighted by Crippen LogP contribution is -2.32. The van der Waals surface area contributed by atoms with Gasteiger partial charge in [0, 0.05) is 37.9 Å². The molecule has 300 valence electrons. The summed E-state index contributed by atoms with van der Waals surface area (Å²) in [4.78, 5) is 40.5. The van der Waals surface area contributed by atoms with Gasteiger partial charge in [-0.2, -0.15) is 39.5 Å². The summed E-state index contributed by atoms with van der Waals surface area (Å²) in [6.07, 6.45) is -18.0. The van der Waals surface area contributed by atoms with Crippen molar-refractivity contribution in [2.45, 2.75) is 38.0 Å². The predicted molar refractivity (Wildman–Crippen MR) is 199 cm³/mol. The van der Waals surface area contributed by atoms with Crippen molar-refractivity contribution in [1.82, 2.24) is 4.57 Å². The van der Waals surface area contributed by atoms with Crippen LogP contribution < -0.4 is 11.1 Å². The van der Waals surface area contributed by atoms with E-state index in [1.807, 2.05) is 0 Å². The number of nitrogens with zero attached hydrogens (tertiary/aromatic N) is 1. The van der Waals surface area contributed by atoms with E-state index < -0.39 is 81.4 Å². The summed E-state index contributed by atoms with van der Waals surface area (Å²) in [6.45, 7) is 0.996. The number of benzene rings is 6. The molecule has 1 atom stereocenters. The number of hydrogen-bond acceptors (Lipinski definition) is 4. The first-order valence-corrected chi connectivity index (χ1v) is 17.4. The molecule has 0 aliphatic carbocycles. The highest BCUT2D eigenvalue weighted by atomic mass is 19.4. The van der Waals surface area contributed by atoms with Crippen LogP contribution >= 0.6 is 0 Å². The van der Waals surface area contributed by atoms with Crippen LogP contribution in [0.25, 0.3) is 71.4 Å². The molecular weight excluding hydrogens is 800 g/mol. The Morgan fingerprint density at radius 2 is 1.17 bits per heavy atom. The quantitative estimate of drug-likeness (QED) is 0.102. The first-order chi connectivity index (χ1) is 27.6. The zero-order valence-electron chi connectivity index (χ0n) is 29.8. The molecule has 6 nitrogen and oxygen atoms in total. The Bertz CT molecular complexity index is 3110. The van der Waals surface area contributed by atoms with Crippen LogP contribution in [0.15, 0.2) is 111 Å². The van der Waals surface area contributed by atoms with Gasteiger partial charge in [-0.1, -0.05) is 30.3 Å². The van der Waals surface area contributed by atoms with E-state index in [2.05, 4.69) is 0 Å². The number of pyridine rings is 1. The molecule has 0 spiro atoms. The fourth-order valence-electron chi connectivity index (χ4n) is 7.46. The SMILES string of the molecule is CC(F)c1cc(-c2cc3c(=O)n(-c4ccc(CC(=O)O)cc4)c(=O)c4cc(-c5cc(C(F)(F)F)cc(C(F)(F)F)c5)c5c6ccccc6oc2c5c34)cc(C(F)(F)F)c1. The summed E-state index contributed by atoms with van der Waals surface area (Å²) < 4.78 is 150. The minimum absolute atomic E-state index is 0.0313. The van der Waals surface area contributed by atoms with Gasteiger partial charge in [-0.3, -0.25) is 14.4 Å². The zero-order chi connectivity index (χ0) is 42.5. The summed E-state index contributed by atoms with van der Waals surface area (Å²) in [6, 6.07) is 16.3. The van der Waals surface area contributed by atoms with Gasteiger partial charge in [0.25, 0.3) is 11.1 Å². The number of carboxylic acids is 1. The lowest BCUT2D eigenvalue weighted by atomic mass is 9.86. The maximum Gasteiger partial charge on any atom is 0.416 e. The van der Waals surface area contributed by atoms with E-state index in [9.17, 15) is 63.4 Å². The maximum atomic E-state index is 14.8. The number of carboxylic acid groups (broad SMARTS) is 1. The Morgan fingerprint density at radius 1 is 0.644 bits per heavy atom. The van der Waals surface area contributed by atoms with Crippen molar-refractivity contribution in [2.24, 2.45) is 0 Å². The lowest BCUT2D eigenvalue weighted by molar-refractivity contribution is -0.143. The van der Waals surface area contributed by atoms with Crippen LogP contribution in [0, 0.1) is 0 Å². The first-order valence-electron chi connectivity index (χ1n) is 17.4. The summed E-state index contributed by atoms with van der Waals surface area (Å²) in [5.74, 6) is -1.19. The predicted octanol–water partition coefficient (Wildman–Crippen LogP) is 11.9. The van der Waals surface area contributed by atoms with Crippen LogP contribution in [0.2, 0.25) is 0 Å². The van der Waals surface area contributed by atoms with E-state index in [4.69, 9.17) is 4.42 Å². The second-order valence-electron chi connectivity index (χ2n) is 13.9. The number of halogens is 10. The number of hydrogen-bond donors (Lipinski definition) is 1. The highest BCUT2D eigenvalue weighted by Crippen LogP contribution is 2.48. The third-order valence-electron chi connectivity index (χ3n) is 10.1. The van der Waals surface area contributed by atoms with Crippen LogP contribution in [0.4, 0.5) is 43.9 Å². The highest BCUT2D eigenvalue weighted by Gasteiger charge is 2.38. The maximum absolute atomic E-state index is 14.8. The van der Waals surface area contributed by atoms with E-state index in [0.29, 0.717) is 28.8 Å². The van der Waals surface area contributed by atoms with Crippen LogP contribution in [-0.4, -0.2) is 15.6 Å². The molecule has 1 N–H and O–H groups in total. The zero-order valence-corrected chi connectivity index (χ0v) is 29.8. The third kappa shape index (κ3) is 6.71. The van der Waals surface area contributed by atoms with Crippen LogP contribution in [-0.2, 0) is 29.7 Å². The van der Waals surface area contributed by atoms with Crippen molar-refractivity contribution in [2.75, 3.05) is 0 Å². The third-order valence-corrected chi connectivity index (χ3v) is 10.1. The van der Waals surface area contributed by atoms with Gasteiger partial charge in [-0.05, 0) is 101 Å². The molecule has 0 bridgehead atoms. The van der Waals surface area contributed by atoms with Gasteiger partial charge in [-0.25, -0.2) is 8.96 Å². The van der Waals surface area contributed by atoms with Gasteiger partial charge < -0.3 is 9.52 Å². The van der Waals surface area contributed by atoms with Gasteiger partial charge in [0.1, 0.15) is 17.3 Å². The van der Waals surface area contributed by atoms with Crippen LogP contribution in [0.1, 0.15) is 40.9 Å². The van der Waals surface area contributed by atoms with E-state index in [1.54, 1.807) is 0 Å². The number of carbonyl (C=O) groups is 1. The molecule has 8 aromatic rings. The number of aliphatic carboxylic acids is 1. The first kappa shape index (κ1) is 39.1. The molecular formula is C43H23F10NO5. The molecule has 59 heavy (non-hydrogen) atoms. The molecule has 2 aromatic heterocycles. The molecule has 8 rings (SSSR count). The molecule has 0 radical (unpaired) electrons. The lowest BCUT2D eigenvalue weighted by Gasteiger charge is -2.21. The summed E-state index contributed by atoms with van der Waals surface area (Å²) in [5, 5.41) is 8.13. The Labute approximate surface area is 323 Å². The van der Waals surface area contributed by atoms with Crippen molar-refractivity contribution in [3.05, 3.63) is 146 Å². The minimum atomic E-state index is -5.29. The normalized spacial score (nSPS) is 13.3. The highest BCUT2D eigenvalue weighted by molar-refractivity contribution is 6.32. The number of aromatic nitrogens is 1. The van der Waals surface area contributed by atoms with Crippen LogP contribution in [0.5, 0.6) is 0 Å². The summed E-state index contributed by atoms with van der Waals surface area (Å²) in [5.41, 5.74) is -8.97. The van der Waals surface area contributed by atoms with Gasteiger partial charge in [-0.15, -0.1) is 0 Å². The second kappa shape index (κ2) is 13.4. The standard InChI is InChI=1S/C43H23F10NO5/c1-19(44)21-11-22(13-24(12-21)41(45,46)47)30-18-32-36-31(39(57)54(40(32)58)27-8-6-20(7-9-27)10-34(55)56)17-29(35-28-4-2-3-5-33(28)59-38(30)37(35)36)23-14-25(42(48,49)50)16-26(15-23)43(51,52)53/h2-9,11-19H,10H2,1H3,(H,55,56). The minimum Gasteiger partial charge on any atom is -0.481 e. The molecule has 16 heteroatoms. The summed E-state index contributed by atoms with van der Waals surface area (Å²) in [7, 11) is 0. The number of alkyl halides is 10. The smallest absolute Gasteiger partial charge is 0.416 e. The van der Waals surface area contributed by atoms with E-state index in [-0.39, 0.29) is 72.1 Å². The van der Waals surface area contributed by atoms with Crippen LogP contribution in [0.3, 0.4) is 0 Å². The van der Waals surface area contributed by atoms with Gasteiger partial charge in [0.15, 0.2) is 0 Å². The van der Waals surface area contributed by atoms with Gasteiger partial charge in [0.05, 0.1) is 28.8 Å². The van der Waals surface area contributed by atoms with Crippen molar-refractivity contribution in [3.63, 3.8) is 0 Å². The Kier molecular flexibility index (Phi) is 8.91. The molecule has 6 aromatic carbocycles. The molecule has 1 unspecified atom stereocenters. The molecule has 0 saturated carbocycles. The topological polar surface area (TPSA) is 89.5 Å². The van der Waals surface area contributed by atoms with Crippen molar-refractivity contribution >= 4 is 49.5 Å². The number of fused-ring (bicyclic) bond motifs is 2. The fraction of sp³-hybridized carbons (Fsp3) is 0.140. The number of rotatable bonds is 6. The largest absolute Gasteiger partial charge is 0.481 e. The summed E-state index contributed by atoms with van der Waals surface area (Å²) >= 11 is 0. The van der Waals surface area contributed by atoms with E-state index in [0.717, 1.165) is 25.1 Å². The molecule has 0 aliphatic heterocycles. The van der Waals surface area contributed by atoms with Gasteiger partial charge in [0.2, 0.25) is 0 Å². The second-order valence-corrected chi connectivity index (χ2v) is 13.9. The average Bonchev–Trinajstić information content (AvgIpc) is 3.16.